The van der Waals surface area contributed by atoms with Crippen molar-refractivity contribution in [1.82, 2.24) is 9.88 Å². The Labute approximate surface area is 119 Å². The summed E-state index contributed by atoms with van der Waals surface area (Å²) in [7, 11) is 2.03. The second-order valence-corrected chi connectivity index (χ2v) is 6.07. The van der Waals surface area contributed by atoms with Crippen LogP contribution in [0.4, 0.5) is 0 Å². The van der Waals surface area contributed by atoms with Crippen LogP contribution < -0.4 is 5.73 Å². The monoisotopic (exact) mass is 329 g/mol. The van der Waals surface area contributed by atoms with Gasteiger partial charge in [0.1, 0.15) is 5.76 Å². The van der Waals surface area contributed by atoms with Crippen molar-refractivity contribution in [1.29, 1.82) is 0 Å². The van der Waals surface area contributed by atoms with Crippen LogP contribution in [0.25, 0.3) is 0 Å². The van der Waals surface area contributed by atoms with E-state index in [0.717, 1.165) is 27.5 Å². The minimum absolute atomic E-state index is 0.0522. The molecule has 0 saturated heterocycles. The Bertz CT molecular complexity index is 511. The zero-order chi connectivity index (χ0) is 13.1. The summed E-state index contributed by atoms with van der Waals surface area (Å²) in [6.45, 7) is 3.28. The van der Waals surface area contributed by atoms with Crippen molar-refractivity contribution < 1.29 is 4.42 Å². The van der Waals surface area contributed by atoms with Crippen molar-refractivity contribution in [2.45, 2.75) is 19.5 Å². The van der Waals surface area contributed by atoms with Gasteiger partial charge in [0.15, 0.2) is 0 Å². The summed E-state index contributed by atoms with van der Waals surface area (Å²) in [5.74, 6) is 0.868. The van der Waals surface area contributed by atoms with Gasteiger partial charge in [0.25, 0.3) is 0 Å². The van der Waals surface area contributed by atoms with E-state index >= 15 is 0 Å². The van der Waals surface area contributed by atoms with E-state index in [1.807, 2.05) is 20.0 Å². The number of aryl methyl sites for hydroxylation is 1. The second-order valence-electron chi connectivity index (χ2n) is 4.16. The zero-order valence-corrected chi connectivity index (χ0v) is 12.8. The lowest BCUT2D eigenvalue weighted by Gasteiger charge is -2.24. The highest BCUT2D eigenvalue weighted by Crippen LogP contribution is 2.28. The third-order valence-corrected chi connectivity index (χ3v) is 4.26. The van der Waals surface area contributed by atoms with Crippen molar-refractivity contribution in [2.75, 3.05) is 13.6 Å². The quantitative estimate of drug-likeness (QED) is 0.916. The van der Waals surface area contributed by atoms with Gasteiger partial charge in [-0.3, -0.25) is 4.90 Å². The molecule has 2 aromatic rings. The van der Waals surface area contributed by atoms with Crippen LogP contribution in [-0.4, -0.2) is 23.5 Å². The van der Waals surface area contributed by atoms with Gasteiger partial charge in [-0.15, -0.1) is 11.3 Å². The third kappa shape index (κ3) is 3.00. The predicted octanol–water partition coefficient (Wildman–Crippen LogP) is 2.94. The first kappa shape index (κ1) is 13.7. The topological polar surface area (TPSA) is 55.3 Å². The Kier molecular flexibility index (Phi) is 4.55. The van der Waals surface area contributed by atoms with Crippen LogP contribution in [0, 0.1) is 6.92 Å². The lowest BCUT2D eigenvalue weighted by atomic mass is 10.2. The van der Waals surface area contributed by atoms with Gasteiger partial charge in [0, 0.05) is 18.5 Å². The van der Waals surface area contributed by atoms with E-state index in [9.17, 15) is 0 Å². The summed E-state index contributed by atoms with van der Waals surface area (Å²) in [6.07, 6.45) is 1.67. The van der Waals surface area contributed by atoms with Gasteiger partial charge in [-0.05, 0) is 36.0 Å². The maximum absolute atomic E-state index is 5.85. The van der Waals surface area contributed by atoms with E-state index < -0.39 is 0 Å². The summed E-state index contributed by atoms with van der Waals surface area (Å²) in [4.78, 5) is 6.62. The molecule has 0 fully saturated rings. The largest absolute Gasteiger partial charge is 0.466 e. The summed E-state index contributed by atoms with van der Waals surface area (Å²) in [6, 6.07) is 1.94. The molecule has 2 N–H and O–H groups in total. The number of likely N-dealkylation sites (N-methyl/N-ethyl adjacent to an activating group) is 1. The molecule has 0 spiro atoms. The average molecular weight is 330 g/mol. The predicted molar refractivity (Wildman–Crippen MR) is 76.5 cm³/mol. The number of halogens is 1. The Hall–Kier alpha value is -0.690. The highest BCUT2D eigenvalue weighted by molar-refractivity contribution is 9.10. The lowest BCUT2D eigenvalue weighted by molar-refractivity contribution is 0.210. The molecule has 18 heavy (non-hydrogen) atoms. The van der Waals surface area contributed by atoms with Crippen LogP contribution in [0.1, 0.15) is 22.5 Å². The van der Waals surface area contributed by atoms with E-state index in [4.69, 9.17) is 10.2 Å². The first-order chi connectivity index (χ1) is 8.61. The first-order valence-corrected chi connectivity index (χ1v) is 7.33. The van der Waals surface area contributed by atoms with Gasteiger partial charge in [-0.25, -0.2) is 4.98 Å². The molecule has 2 heterocycles. The maximum Gasteiger partial charge on any atom is 0.136 e. The molecule has 0 aromatic carbocycles. The normalized spacial score (nSPS) is 13.2. The van der Waals surface area contributed by atoms with Gasteiger partial charge in [0.2, 0.25) is 0 Å². The van der Waals surface area contributed by atoms with E-state index in [1.54, 1.807) is 17.6 Å². The molecular weight excluding hydrogens is 314 g/mol. The molecule has 2 rings (SSSR count). The third-order valence-electron chi connectivity index (χ3n) is 2.78. The van der Waals surface area contributed by atoms with Gasteiger partial charge in [-0.1, -0.05) is 0 Å². The molecular formula is C12H16BrN3OS. The van der Waals surface area contributed by atoms with Gasteiger partial charge >= 0.3 is 0 Å². The van der Waals surface area contributed by atoms with Gasteiger partial charge in [0.05, 0.1) is 27.5 Å². The second kappa shape index (κ2) is 5.97. The maximum atomic E-state index is 5.85. The molecule has 0 bridgehead atoms. The number of hydrogen-bond donors (Lipinski definition) is 1. The fraction of sp³-hybridized carbons (Fsp3) is 0.417. The molecule has 98 valence electrons. The fourth-order valence-corrected chi connectivity index (χ4v) is 2.95. The molecule has 0 aliphatic heterocycles. The standard InChI is InChI=1S/C12H16BrN3OS/c1-8-15-9(7-18-8)6-16(2)11(5-14)12-10(13)3-4-17-12/h3-4,7,11H,5-6,14H2,1-2H3. The number of thiazole rings is 1. The van der Waals surface area contributed by atoms with Crippen molar-refractivity contribution in [3.05, 3.63) is 38.6 Å². The van der Waals surface area contributed by atoms with Crippen LogP contribution in [0.15, 0.2) is 26.6 Å². The molecule has 0 amide bonds. The average Bonchev–Trinajstić information content (AvgIpc) is 2.90. The SMILES string of the molecule is Cc1nc(CN(C)C(CN)c2occc2Br)cs1. The van der Waals surface area contributed by atoms with Crippen LogP contribution in [0.2, 0.25) is 0 Å². The molecule has 4 nitrogen and oxygen atoms in total. The van der Waals surface area contributed by atoms with E-state index in [1.165, 1.54) is 0 Å². The van der Waals surface area contributed by atoms with Crippen molar-refractivity contribution in [2.24, 2.45) is 5.73 Å². The molecule has 0 aliphatic rings. The van der Waals surface area contributed by atoms with Crippen LogP contribution in [-0.2, 0) is 6.54 Å². The summed E-state index contributed by atoms with van der Waals surface area (Å²) in [5.41, 5.74) is 6.92. The molecule has 0 radical (unpaired) electrons. The zero-order valence-electron chi connectivity index (χ0n) is 10.4. The van der Waals surface area contributed by atoms with Gasteiger partial charge < -0.3 is 10.2 Å². The van der Waals surface area contributed by atoms with Crippen molar-refractivity contribution in [3.8, 4) is 0 Å². The number of furan rings is 1. The number of rotatable bonds is 5. The smallest absolute Gasteiger partial charge is 0.136 e. The highest BCUT2D eigenvalue weighted by Gasteiger charge is 2.21. The molecule has 1 atom stereocenters. The highest BCUT2D eigenvalue weighted by atomic mass is 79.9. The minimum Gasteiger partial charge on any atom is -0.466 e. The van der Waals surface area contributed by atoms with Crippen molar-refractivity contribution >= 4 is 27.3 Å². The van der Waals surface area contributed by atoms with E-state index in [-0.39, 0.29) is 6.04 Å². The number of hydrogen-bond acceptors (Lipinski definition) is 5. The van der Waals surface area contributed by atoms with E-state index in [0.29, 0.717) is 6.54 Å². The van der Waals surface area contributed by atoms with E-state index in [2.05, 4.69) is 31.2 Å². The van der Waals surface area contributed by atoms with Crippen molar-refractivity contribution in [3.63, 3.8) is 0 Å². The summed E-state index contributed by atoms with van der Waals surface area (Å²) >= 11 is 5.14. The lowest BCUT2D eigenvalue weighted by Crippen LogP contribution is -2.30. The number of nitrogens with zero attached hydrogens (tertiary/aromatic N) is 2. The van der Waals surface area contributed by atoms with Crippen LogP contribution >= 0.6 is 27.3 Å². The molecule has 0 saturated carbocycles. The Balaban J connectivity index is 2.11. The minimum atomic E-state index is 0.0522. The Morgan fingerprint density at radius 2 is 2.39 bits per heavy atom. The Morgan fingerprint density at radius 1 is 1.61 bits per heavy atom. The fourth-order valence-electron chi connectivity index (χ4n) is 1.88. The number of nitrogens with two attached hydrogens (primary N) is 1. The molecule has 6 heteroatoms. The molecule has 0 aliphatic carbocycles. The molecule has 2 aromatic heterocycles. The van der Waals surface area contributed by atoms with Crippen LogP contribution in [0.3, 0.4) is 0 Å². The summed E-state index contributed by atoms with van der Waals surface area (Å²) in [5, 5.41) is 3.17. The summed E-state index contributed by atoms with van der Waals surface area (Å²) < 4.78 is 6.45. The number of aromatic nitrogens is 1. The first-order valence-electron chi connectivity index (χ1n) is 5.66. The van der Waals surface area contributed by atoms with Gasteiger partial charge in [-0.2, -0.15) is 0 Å². The Morgan fingerprint density at radius 3 is 2.89 bits per heavy atom. The molecule has 1 unspecified atom stereocenters. The van der Waals surface area contributed by atoms with Crippen LogP contribution in [0.5, 0.6) is 0 Å².